The summed E-state index contributed by atoms with van der Waals surface area (Å²) < 4.78 is 0. The summed E-state index contributed by atoms with van der Waals surface area (Å²) in [6, 6.07) is 7.00. The zero-order valence-electron chi connectivity index (χ0n) is 17.0. The van der Waals surface area contributed by atoms with E-state index in [1.54, 1.807) is 23.9 Å². The van der Waals surface area contributed by atoms with E-state index in [1.807, 2.05) is 24.0 Å². The summed E-state index contributed by atoms with van der Waals surface area (Å²) >= 11 is 1.69. The second-order valence-corrected chi connectivity index (χ2v) is 9.12. The molecule has 2 atom stereocenters. The van der Waals surface area contributed by atoms with E-state index in [2.05, 4.69) is 6.92 Å². The number of hydrogen-bond donors (Lipinski definition) is 2. The van der Waals surface area contributed by atoms with Crippen molar-refractivity contribution in [3.63, 3.8) is 0 Å². The second-order valence-electron chi connectivity index (χ2n) is 7.95. The number of thioether (sulfide) groups is 1. The van der Waals surface area contributed by atoms with Gasteiger partial charge in [0.1, 0.15) is 0 Å². The first-order valence-corrected chi connectivity index (χ1v) is 11.3. The van der Waals surface area contributed by atoms with Crippen molar-refractivity contribution >= 4 is 23.6 Å². The van der Waals surface area contributed by atoms with Gasteiger partial charge in [-0.2, -0.15) is 0 Å². The van der Waals surface area contributed by atoms with Gasteiger partial charge in [-0.25, -0.2) is 4.79 Å². The quantitative estimate of drug-likeness (QED) is 0.504. The van der Waals surface area contributed by atoms with Crippen LogP contribution in [0.15, 0.2) is 24.3 Å². The molecule has 0 saturated carbocycles. The highest BCUT2D eigenvalue weighted by molar-refractivity contribution is 8.00. The van der Waals surface area contributed by atoms with Gasteiger partial charge in [-0.3, -0.25) is 4.79 Å². The molecule has 1 aliphatic rings. The standard InChI is InChI=1S/C22H33NO4S/c1-3-4-5-13-22(2,27)14-15-23-19(24)16-28-20(23)8-6-7-17-9-11-18(12-10-17)21(25)26/h9-12,20,27H,3-8,13-16H2,1-2H3,(H,25,26)/t20-,22-/m0/s1. The lowest BCUT2D eigenvalue weighted by Crippen LogP contribution is -2.38. The van der Waals surface area contributed by atoms with Crippen LogP contribution in [0.25, 0.3) is 0 Å². The maximum Gasteiger partial charge on any atom is 0.335 e. The fraction of sp³-hybridized carbons (Fsp3) is 0.636. The van der Waals surface area contributed by atoms with Crippen molar-refractivity contribution in [2.24, 2.45) is 0 Å². The molecule has 0 aliphatic carbocycles. The van der Waals surface area contributed by atoms with E-state index < -0.39 is 11.6 Å². The van der Waals surface area contributed by atoms with Crippen LogP contribution in [-0.2, 0) is 11.2 Å². The van der Waals surface area contributed by atoms with Gasteiger partial charge < -0.3 is 15.1 Å². The number of nitrogens with zero attached hydrogens (tertiary/aromatic N) is 1. The van der Waals surface area contributed by atoms with Crippen LogP contribution in [0.2, 0.25) is 0 Å². The Morgan fingerprint density at radius 2 is 1.93 bits per heavy atom. The van der Waals surface area contributed by atoms with Gasteiger partial charge in [0, 0.05) is 6.54 Å². The third kappa shape index (κ3) is 7.13. The number of amides is 1. The highest BCUT2D eigenvalue weighted by Crippen LogP contribution is 2.30. The van der Waals surface area contributed by atoms with Gasteiger partial charge in [-0.05, 0) is 56.7 Å². The third-order valence-corrected chi connectivity index (χ3v) is 6.68. The lowest BCUT2D eigenvalue weighted by atomic mass is 9.94. The first-order chi connectivity index (χ1) is 13.3. The molecule has 0 unspecified atom stereocenters. The predicted molar refractivity (Wildman–Crippen MR) is 114 cm³/mol. The molecule has 0 spiro atoms. The number of benzene rings is 1. The number of carboxylic acid groups (broad SMARTS) is 1. The highest BCUT2D eigenvalue weighted by Gasteiger charge is 2.32. The van der Waals surface area contributed by atoms with Crippen LogP contribution in [0.5, 0.6) is 0 Å². The normalized spacial score (nSPS) is 19.0. The number of carboxylic acids is 1. The van der Waals surface area contributed by atoms with E-state index in [0.717, 1.165) is 50.5 Å². The zero-order chi connectivity index (χ0) is 20.6. The number of carbonyl (C=O) groups is 2. The van der Waals surface area contributed by atoms with Crippen LogP contribution in [0, 0.1) is 0 Å². The van der Waals surface area contributed by atoms with Crippen LogP contribution in [-0.4, -0.2) is 50.3 Å². The molecule has 0 bridgehead atoms. The minimum absolute atomic E-state index is 0.171. The van der Waals surface area contributed by atoms with Crippen molar-refractivity contribution in [2.45, 2.75) is 76.2 Å². The lowest BCUT2D eigenvalue weighted by Gasteiger charge is -2.29. The first kappa shape index (κ1) is 22.8. The summed E-state index contributed by atoms with van der Waals surface area (Å²) in [5.41, 5.74) is 0.710. The fourth-order valence-electron chi connectivity index (χ4n) is 3.55. The molecule has 1 aromatic carbocycles. The summed E-state index contributed by atoms with van der Waals surface area (Å²) in [4.78, 5) is 25.1. The van der Waals surface area contributed by atoms with Crippen molar-refractivity contribution in [3.05, 3.63) is 35.4 Å². The Balaban J connectivity index is 1.78. The van der Waals surface area contributed by atoms with Crippen molar-refractivity contribution in [3.8, 4) is 0 Å². The molecule has 1 amide bonds. The summed E-state index contributed by atoms with van der Waals surface area (Å²) in [5.74, 6) is -0.213. The SMILES string of the molecule is CCCCC[C@](C)(O)CCN1C(=O)CS[C@H]1CCCc1ccc(C(=O)O)cc1. The average Bonchev–Trinajstić information content (AvgIpc) is 3.00. The van der Waals surface area contributed by atoms with Crippen LogP contribution in [0.1, 0.15) is 74.7 Å². The first-order valence-electron chi connectivity index (χ1n) is 10.3. The molecule has 28 heavy (non-hydrogen) atoms. The van der Waals surface area contributed by atoms with E-state index in [-0.39, 0.29) is 11.3 Å². The molecule has 6 heteroatoms. The number of hydrogen-bond acceptors (Lipinski definition) is 4. The van der Waals surface area contributed by atoms with Gasteiger partial charge in [0.15, 0.2) is 0 Å². The molecule has 0 radical (unpaired) electrons. The second kappa shape index (κ2) is 10.9. The maximum absolute atomic E-state index is 12.3. The molecule has 1 saturated heterocycles. The minimum Gasteiger partial charge on any atom is -0.478 e. The monoisotopic (exact) mass is 407 g/mol. The van der Waals surface area contributed by atoms with Gasteiger partial charge in [0.05, 0.1) is 22.3 Å². The summed E-state index contributed by atoms with van der Waals surface area (Å²) in [6.45, 7) is 4.65. The Kier molecular flexibility index (Phi) is 8.83. The Morgan fingerprint density at radius 3 is 2.57 bits per heavy atom. The molecule has 1 heterocycles. The van der Waals surface area contributed by atoms with Crippen molar-refractivity contribution in [1.29, 1.82) is 0 Å². The molecule has 5 nitrogen and oxygen atoms in total. The summed E-state index contributed by atoms with van der Waals surface area (Å²) in [5, 5.41) is 19.7. The van der Waals surface area contributed by atoms with E-state index in [4.69, 9.17) is 5.11 Å². The van der Waals surface area contributed by atoms with Crippen LogP contribution in [0.4, 0.5) is 0 Å². The van der Waals surface area contributed by atoms with Gasteiger partial charge >= 0.3 is 5.97 Å². The number of carbonyl (C=O) groups excluding carboxylic acids is 1. The Labute approximate surface area is 172 Å². The molecule has 1 aromatic rings. The third-order valence-electron chi connectivity index (χ3n) is 5.39. The van der Waals surface area contributed by atoms with Crippen LogP contribution >= 0.6 is 11.8 Å². The molecular formula is C22H33NO4S. The minimum atomic E-state index is -0.909. The number of aliphatic hydroxyl groups is 1. The number of rotatable bonds is 12. The molecule has 1 fully saturated rings. The zero-order valence-corrected chi connectivity index (χ0v) is 17.8. The van der Waals surface area contributed by atoms with Gasteiger partial charge in [-0.15, -0.1) is 11.8 Å². The summed E-state index contributed by atoms with van der Waals surface area (Å²) in [6.07, 6.45) is 7.42. The largest absolute Gasteiger partial charge is 0.478 e. The highest BCUT2D eigenvalue weighted by atomic mass is 32.2. The fourth-order valence-corrected chi connectivity index (χ4v) is 4.78. The number of aryl methyl sites for hydroxylation is 1. The van der Waals surface area contributed by atoms with E-state index >= 15 is 0 Å². The molecule has 0 aromatic heterocycles. The summed E-state index contributed by atoms with van der Waals surface area (Å²) in [7, 11) is 0. The number of unbranched alkanes of at least 4 members (excludes halogenated alkanes) is 2. The topological polar surface area (TPSA) is 77.8 Å². The Hall–Kier alpha value is -1.53. The lowest BCUT2D eigenvalue weighted by molar-refractivity contribution is -0.128. The smallest absolute Gasteiger partial charge is 0.335 e. The number of aromatic carboxylic acids is 1. The van der Waals surface area contributed by atoms with E-state index in [9.17, 15) is 14.7 Å². The average molecular weight is 408 g/mol. The molecule has 1 aliphatic heterocycles. The van der Waals surface area contributed by atoms with Crippen LogP contribution in [0.3, 0.4) is 0 Å². The predicted octanol–water partition coefficient (Wildman–Crippen LogP) is 4.33. The van der Waals surface area contributed by atoms with Crippen molar-refractivity contribution in [2.75, 3.05) is 12.3 Å². The van der Waals surface area contributed by atoms with E-state index in [0.29, 0.717) is 24.3 Å². The van der Waals surface area contributed by atoms with Crippen LogP contribution < -0.4 is 0 Å². The molecular weight excluding hydrogens is 374 g/mol. The Bertz CT molecular complexity index is 644. The van der Waals surface area contributed by atoms with E-state index in [1.165, 1.54) is 0 Å². The van der Waals surface area contributed by atoms with Gasteiger partial charge in [0.2, 0.25) is 5.91 Å². The van der Waals surface area contributed by atoms with Gasteiger partial charge in [0.25, 0.3) is 0 Å². The van der Waals surface area contributed by atoms with Crippen molar-refractivity contribution in [1.82, 2.24) is 4.90 Å². The maximum atomic E-state index is 12.3. The Morgan fingerprint density at radius 1 is 1.21 bits per heavy atom. The molecule has 2 N–H and O–H groups in total. The molecule has 2 rings (SSSR count). The van der Waals surface area contributed by atoms with Crippen molar-refractivity contribution < 1.29 is 19.8 Å². The molecule has 156 valence electrons. The van der Waals surface area contributed by atoms with Gasteiger partial charge in [-0.1, -0.05) is 38.3 Å².